The Bertz CT molecular complexity index is 514. The molecule has 0 aliphatic heterocycles. The van der Waals surface area contributed by atoms with Crippen LogP contribution in [0.25, 0.3) is 11.0 Å². The van der Waals surface area contributed by atoms with Gasteiger partial charge < -0.3 is 4.42 Å². The Morgan fingerprint density at radius 1 is 1.25 bits per heavy atom. The molecule has 16 heavy (non-hydrogen) atoms. The van der Waals surface area contributed by atoms with Gasteiger partial charge in [-0.15, -0.1) is 11.6 Å². The molecule has 2 atom stereocenters. The number of furan rings is 1. The minimum Gasteiger partial charge on any atom is -0.461 e. The number of benzene rings is 1. The van der Waals surface area contributed by atoms with Gasteiger partial charge in [-0.1, -0.05) is 18.1 Å². The number of rotatable bonds is 1. The third kappa shape index (κ3) is 1.63. The predicted octanol–water partition coefficient (Wildman–Crippen LogP) is 4.62. The van der Waals surface area contributed by atoms with Crippen LogP contribution in [0.5, 0.6) is 0 Å². The second-order valence-corrected chi connectivity index (χ2v) is 5.30. The SMILES string of the molecule is Cc1ccc2oc(C3CCCC3Cl)cc2c1. The summed E-state index contributed by atoms with van der Waals surface area (Å²) in [5, 5.41) is 1.45. The van der Waals surface area contributed by atoms with Crippen molar-refractivity contribution in [2.45, 2.75) is 37.5 Å². The van der Waals surface area contributed by atoms with Crippen molar-refractivity contribution in [3.63, 3.8) is 0 Å². The Morgan fingerprint density at radius 3 is 2.88 bits per heavy atom. The molecule has 1 nitrogen and oxygen atoms in total. The summed E-state index contributed by atoms with van der Waals surface area (Å²) < 4.78 is 5.89. The molecular weight excluding hydrogens is 220 g/mol. The second-order valence-electron chi connectivity index (χ2n) is 4.74. The lowest BCUT2D eigenvalue weighted by atomic mass is 10.0. The highest BCUT2D eigenvalue weighted by Gasteiger charge is 2.29. The van der Waals surface area contributed by atoms with Crippen molar-refractivity contribution in [1.29, 1.82) is 0 Å². The van der Waals surface area contributed by atoms with Crippen molar-refractivity contribution in [2.24, 2.45) is 0 Å². The third-order valence-corrected chi connectivity index (χ3v) is 4.01. The average molecular weight is 235 g/mol. The molecule has 1 aliphatic carbocycles. The molecule has 0 radical (unpaired) electrons. The van der Waals surface area contributed by atoms with Gasteiger partial charge in [-0.05, 0) is 38.0 Å². The van der Waals surface area contributed by atoms with Crippen molar-refractivity contribution < 1.29 is 4.42 Å². The van der Waals surface area contributed by atoms with Crippen molar-refractivity contribution >= 4 is 22.6 Å². The summed E-state index contributed by atoms with van der Waals surface area (Å²) in [6, 6.07) is 8.46. The van der Waals surface area contributed by atoms with Gasteiger partial charge in [0.15, 0.2) is 0 Å². The summed E-state index contributed by atoms with van der Waals surface area (Å²) in [6.45, 7) is 2.10. The summed E-state index contributed by atoms with van der Waals surface area (Å²) in [7, 11) is 0. The fourth-order valence-electron chi connectivity index (χ4n) is 2.60. The highest BCUT2D eigenvalue weighted by molar-refractivity contribution is 6.21. The summed E-state index contributed by atoms with van der Waals surface area (Å²) in [4.78, 5) is 0. The Kier molecular flexibility index (Phi) is 2.44. The van der Waals surface area contributed by atoms with Gasteiger partial charge in [0.1, 0.15) is 11.3 Å². The van der Waals surface area contributed by atoms with Crippen molar-refractivity contribution in [2.75, 3.05) is 0 Å². The zero-order valence-corrected chi connectivity index (χ0v) is 10.1. The van der Waals surface area contributed by atoms with Gasteiger partial charge in [0, 0.05) is 16.7 Å². The quantitative estimate of drug-likeness (QED) is 0.657. The van der Waals surface area contributed by atoms with Crippen LogP contribution in [0.15, 0.2) is 28.7 Å². The minimum atomic E-state index is 0.252. The Hall–Kier alpha value is -0.950. The number of fused-ring (bicyclic) bond motifs is 1. The van der Waals surface area contributed by atoms with Gasteiger partial charge >= 0.3 is 0 Å². The van der Waals surface area contributed by atoms with Gasteiger partial charge in [-0.2, -0.15) is 0 Å². The minimum absolute atomic E-state index is 0.252. The zero-order valence-electron chi connectivity index (χ0n) is 9.37. The van der Waals surface area contributed by atoms with Crippen LogP contribution in [0.2, 0.25) is 0 Å². The average Bonchev–Trinajstić information content (AvgIpc) is 2.82. The van der Waals surface area contributed by atoms with Crippen LogP contribution in [-0.2, 0) is 0 Å². The van der Waals surface area contributed by atoms with Crippen molar-refractivity contribution in [3.8, 4) is 0 Å². The molecule has 84 valence electrons. The van der Waals surface area contributed by atoms with Crippen LogP contribution in [0, 0.1) is 6.92 Å². The first-order chi connectivity index (χ1) is 7.74. The van der Waals surface area contributed by atoms with Crippen molar-refractivity contribution in [1.82, 2.24) is 0 Å². The standard InChI is InChI=1S/C14H15ClO/c1-9-5-6-13-10(7-9)8-14(16-13)11-3-2-4-12(11)15/h5-8,11-12H,2-4H2,1H3. The molecule has 0 amide bonds. The molecule has 2 heteroatoms. The maximum absolute atomic E-state index is 6.31. The van der Waals surface area contributed by atoms with Crippen LogP contribution in [0.1, 0.15) is 36.5 Å². The molecule has 0 saturated heterocycles. The zero-order chi connectivity index (χ0) is 11.1. The molecule has 2 unspecified atom stereocenters. The fraction of sp³-hybridized carbons (Fsp3) is 0.429. The van der Waals surface area contributed by atoms with E-state index < -0.39 is 0 Å². The van der Waals surface area contributed by atoms with Gasteiger partial charge in [-0.3, -0.25) is 0 Å². The maximum atomic E-state index is 6.31. The third-order valence-electron chi connectivity index (χ3n) is 3.49. The Morgan fingerprint density at radius 2 is 2.12 bits per heavy atom. The lowest BCUT2D eigenvalue weighted by Gasteiger charge is -2.09. The molecular formula is C14H15ClO. The molecule has 1 aliphatic rings. The summed E-state index contributed by atoms with van der Waals surface area (Å²) in [5.74, 6) is 1.48. The number of alkyl halides is 1. The fourth-order valence-corrected chi connectivity index (χ4v) is 3.01. The highest BCUT2D eigenvalue weighted by Crippen LogP contribution is 2.40. The largest absolute Gasteiger partial charge is 0.461 e. The topological polar surface area (TPSA) is 13.1 Å². The summed E-state index contributed by atoms with van der Waals surface area (Å²) in [5.41, 5.74) is 2.25. The monoisotopic (exact) mass is 234 g/mol. The smallest absolute Gasteiger partial charge is 0.134 e. The van der Waals surface area contributed by atoms with Crippen LogP contribution in [0.4, 0.5) is 0 Å². The van der Waals surface area contributed by atoms with Crippen LogP contribution >= 0.6 is 11.6 Å². The van der Waals surface area contributed by atoms with Crippen molar-refractivity contribution in [3.05, 3.63) is 35.6 Å². The predicted molar refractivity (Wildman–Crippen MR) is 67.2 cm³/mol. The van der Waals surface area contributed by atoms with E-state index in [2.05, 4.69) is 25.1 Å². The molecule has 3 rings (SSSR count). The maximum Gasteiger partial charge on any atom is 0.134 e. The van der Waals surface area contributed by atoms with E-state index in [4.69, 9.17) is 16.0 Å². The van der Waals surface area contributed by atoms with Gasteiger partial charge in [-0.25, -0.2) is 0 Å². The second kappa shape index (κ2) is 3.81. The van der Waals surface area contributed by atoms with Crippen LogP contribution < -0.4 is 0 Å². The van der Waals surface area contributed by atoms with Crippen LogP contribution in [0.3, 0.4) is 0 Å². The molecule has 1 heterocycles. The molecule has 1 aromatic carbocycles. The van der Waals surface area contributed by atoms with E-state index in [1.54, 1.807) is 0 Å². The summed E-state index contributed by atoms with van der Waals surface area (Å²) >= 11 is 6.31. The molecule has 0 spiro atoms. The van der Waals surface area contributed by atoms with E-state index in [-0.39, 0.29) is 5.38 Å². The van der Waals surface area contributed by atoms with E-state index >= 15 is 0 Å². The van der Waals surface area contributed by atoms with Gasteiger partial charge in [0.25, 0.3) is 0 Å². The number of halogens is 1. The van der Waals surface area contributed by atoms with E-state index in [1.165, 1.54) is 17.4 Å². The lowest BCUT2D eigenvalue weighted by molar-refractivity contribution is 0.496. The highest BCUT2D eigenvalue weighted by atomic mass is 35.5. The number of hydrogen-bond donors (Lipinski definition) is 0. The first-order valence-electron chi connectivity index (χ1n) is 5.88. The molecule has 2 aromatic rings. The number of aryl methyl sites for hydroxylation is 1. The molecule has 0 N–H and O–H groups in total. The van der Waals surface area contributed by atoms with E-state index in [0.717, 1.165) is 24.2 Å². The Balaban J connectivity index is 2.04. The molecule has 0 bridgehead atoms. The normalized spacial score (nSPS) is 25.4. The van der Waals surface area contributed by atoms with Crippen LogP contribution in [-0.4, -0.2) is 5.38 Å². The molecule has 1 aromatic heterocycles. The molecule has 1 fully saturated rings. The van der Waals surface area contributed by atoms with Gasteiger partial charge in [0.2, 0.25) is 0 Å². The Labute approximate surface area is 100 Å². The first kappa shape index (κ1) is 10.2. The van der Waals surface area contributed by atoms with Gasteiger partial charge in [0.05, 0.1) is 0 Å². The summed E-state index contributed by atoms with van der Waals surface area (Å²) in [6.07, 6.45) is 3.49. The first-order valence-corrected chi connectivity index (χ1v) is 6.32. The number of hydrogen-bond acceptors (Lipinski definition) is 1. The lowest BCUT2D eigenvalue weighted by Crippen LogP contribution is -2.03. The molecule has 1 saturated carbocycles. The van der Waals surface area contributed by atoms with E-state index in [1.807, 2.05) is 6.07 Å². The van der Waals surface area contributed by atoms with E-state index in [0.29, 0.717) is 5.92 Å². The van der Waals surface area contributed by atoms with E-state index in [9.17, 15) is 0 Å².